The smallest absolute Gasteiger partial charge is 0.119 e. The van der Waals surface area contributed by atoms with Crippen LogP contribution in [-0.4, -0.2) is 13.2 Å². The lowest BCUT2D eigenvalue weighted by atomic mass is 9.78. The molecule has 0 radical (unpaired) electrons. The monoisotopic (exact) mass is 219 g/mol. The van der Waals surface area contributed by atoms with Crippen molar-refractivity contribution in [2.24, 2.45) is 5.73 Å². The molecule has 1 saturated carbocycles. The lowest BCUT2D eigenvalue weighted by Gasteiger charge is -2.26. The zero-order valence-electron chi connectivity index (χ0n) is 10.4. The third-order valence-corrected chi connectivity index (χ3v) is 3.86. The Morgan fingerprint density at radius 1 is 1.44 bits per heavy atom. The third-order valence-electron chi connectivity index (χ3n) is 3.86. The van der Waals surface area contributed by atoms with Crippen LogP contribution >= 0.6 is 0 Å². The highest BCUT2D eigenvalue weighted by Crippen LogP contribution is 2.41. The van der Waals surface area contributed by atoms with Crippen molar-refractivity contribution in [3.63, 3.8) is 0 Å². The van der Waals surface area contributed by atoms with Gasteiger partial charge >= 0.3 is 0 Å². The fourth-order valence-corrected chi connectivity index (χ4v) is 2.97. The lowest BCUT2D eigenvalue weighted by Crippen LogP contribution is -2.23. The molecule has 16 heavy (non-hydrogen) atoms. The van der Waals surface area contributed by atoms with Gasteiger partial charge in [-0.2, -0.15) is 0 Å². The molecule has 1 aliphatic carbocycles. The summed E-state index contributed by atoms with van der Waals surface area (Å²) in [6, 6.07) is 6.74. The quantitative estimate of drug-likeness (QED) is 0.830. The molecule has 2 N–H and O–H groups in total. The van der Waals surface area contributed by atoms with Crippen LogP contribution in [0.3, 0.4) is 0 Å². The summed E-state index contributed by atoms with van der Waals surface area (Å²) >= 11 is 0. The predicted molar refractivity (Wildman–Crippen MR) is 66.9 cm³/mol. The van der Waals surface area contributed by atoms with E-state index >= 15 is 0 Å². The molecule has 1 fully saturated rings. The summed E-state index contributed by atoms with van der Waals surface area (Å²) in [5, 5.41) is 0. The Hall–Kier alpha value is -1.02. The van der Waals surface area contributed by atoms with Crippen molar-refractivity contribution >= 4 is 0 Å². The van der Waals surface area contributed by atoms with Gasteiger partial charge < -0.3 is 10.5 Å². The summed E-state index contributed by atoms with van der Waals surface area (Å²) < 4.78 is 5.24. The van der Waals surface area contributed by atoms with Crippen molar-refractivity contribution in [2.45, 2.75) is 44.6 Å². The van der Waals surface area contributed by atoms with Crippen LogP contribution in [0.25, 0.3) is 0 Å². The lowest BCUT2D eigenvalue weighted by molar-refractivity contribution is 0.412. The Morgan fingerprint density at radius 2 is 2.19 bits per heavy atom. The molecule has 0 aromatic heterocycles. The highest BCUT2D eigenvalue weighted by atomic mass is 16.5. The van der Waals surface area contributed by atoms with Crippen LogP contribution in [0, 0.1) is 6.92 Å². The first-order valence-corrected chi connectivity index (χ1v) is 5.96. The fourth-order valence-electron chi connectivity index (χ4n) is 2.97. The molecule has 2 unspecified atom stereocenters. The fraction of sp³-hybridized carbons (Fsp3) is 0.571. The van der Waals surface area contributed by atoms with E-state index in [2.05, 4.69) is 32.0 Å². The summed E-state index contributed by atoms with van der Waals surface area (Å²) in [5.74, 6) is 0.937. The van der Waals surface area contributed by atoms with Crippen molar-refractivity contribution in [1.82, 2.24) is 0 Å². The van der Waals surface area contributed by atoms with Gasteiger partial charge in [0.2, 0.25) is 0 Å². The number of benzene rings is 1. The first kappa shape index (κ1) is 11.5. The Labute approximate surface area is 97.8 Å². The topological polar surface area (TPSA) is 35.2 Å². The SMILES string of the molecule is COc1ccc(C2(C)CCC(N)C2)c(C)c1. The maximum Gasteiger partial charge on any atom is 0.119 e. The van der Waals surface area contributed by atoms with Crippen molar-refractivity contribution < 1.29 is 4.74 Å². The predicted octanol–water partition coefficient (Wildman–Crippen LogP) is 2.77. The Kier molecular flexibility index (Phi) is 2.94. The molecule has 0 amide bonds. The van der Waals surface area contributed by atoms with E-state index in [9.17, 15) is 0 Å². The van der Waals surface area contributed by atoms with Crippen LogP contribution in [-0.2, 0) is 5.41 Å². The molecular formula is C14H21NO. The zero-order valence-corrected chi connectivity index (χ0v) is 10.4. The molecule has 1 aromatic carbocycles. The largest absolute Gasteiger partial charge is 0.497 e. The van der Waals surface area contributed by atoms with Gasteiger partial charge in [-0.3, -0.25) is 0 Å². The van der Waals surface area contributed by atoms with Gasteiger partial charge in [0, 0.05) is 6.04 Å². The van der Waals surface area contributed by atoms with Gasteiger partial charge in [-0.15, -0.1) is 0 Å². The molecule has 2 rings (SSSR count). The van der Waals surface area contributed by atoms with Gasteiger partial charge in [0.25, 0.3) is 0 Å². The van der Waals surface area contributed by atoms with Crippen molar-refractivity contribution in [3.05, 3.63) is 29.3 Å². The van der Waals surface area contributed by atoms with Crippen LogP contribution in [0.15, 0.2) is 18.2 Å². The number of nitrogens with two attached hydrogens (primary N) is 1. The third kappa shape index (κ3) is 1.94. The van der Waals surface area contributed by atoms with Gasteiger partial charge in [-0.1, -0.05) is 13.0 Å². The summed E-state index contributed by atoms with van der Waals surface area (Å²) in [6.45, 7) is 4.49. The summed E-state index contributed by atoms with van der Waals surface area (Å²) in [6.07, 6.45) is 3.43. The van der Waals surface area contributed by atoms with Crippen molar-refractivity contribution in [2.75, 3.05) is 7.11 Å². The van der Waals surface area contributed by atoms with Gasteiger partial charge in [-0.25, -0.2) is 0 Å². The molecule has 0 spiro atoms. The second-order valence-corrected chi connectivity index (χ2v) is 5.24. The maximum atomic E-state index is 6.03. The first-order valence-electron chi connectivity index (χ1n) is 5.96. The Morgan fingerprint density at radius 3 is 2.69 bits per heavy atom. The van der Waals surface area contributed by atoms with E-state index in [1.54, 1.807) is 7.11 Å². The average Bonchev–Trinajstić information content (AvgIpc) is 2.59. The number of aryl methyl sites for hydroxylation is 1. The van der Waals surface area contributed by atoms with Crippen molar-refractivity contribution in [1.29, 1.82) is 0 Å². The number of methoxy groups -OCH3 is 1. The van der Waals surface area contributed by atoms with Gasteiger partial charge in [0.05, 0.1) is 7.11 Å². The van der Waals surface area contributed by atoms with Gasteiger partial charge in [0.15, 0.2) is 0 Å². The minimum absolute atomic E-state index is 0.260. The molecule has 2 heteroatoms. The van der Waals surface area contributed by atoms with Crippen LogP contribution in [0.4, 0.5) is 0 Å². The highest BCUT2D eigenvalue weighted by molar-refractivity contribution is 5.40. The number of hydrogen-bond acceptors (Lipinski definition) is 2. The van der Waals surface area contributed by atoms with E-state index < -0.39 is 0 Å². The van der Waals surface area contributed by atoms with Crippen LogP contribution in [0.2, 0.25) is 0 Å². The van der Waals surface area contributed by atoms with Crippen LogP contribution < -0.4 is 10.5 Å². The first-order chi connectivity index (χ1) is 7.55. The highest BCUT2D eigenvalue weighted by Gasteiger charge is 2.35. The molecule has 88 valence electrons. The second kappa shape index (κ2) is 4.10. The van der Waals surface area contributed by atoms with Gasteiger partial charge in [-0.05, 0) is 54.9 Å². The summed E-state index contributed by atoms with van der Waals surface area (Å²) in [4.78, 5) is 0. The summed E-state index contributed by atoms with van der Waals surface area (Å²) in [7, 11) is 1.71. The molecule has 2 atom stereocenters. The van der Waals surface area contributed by atoms with Gasteiger partial charge in [0.1, 0.15) is 5.75 Å². The normalized spacial score (nSPS) is 29.4. The number of hydrogen-bond donors (Lipinski definition) is 1. The van der Waals surface area contributed by atoms with Crippen molar-refractivity contribution in [3.8, 4) is 5.75 Å². The molecular weight excluding hydrogens is 198 g/mol. The average molecular weight is 219 g/mol. The number of ether oxygens (including phenoxy) is 1. The Balaban J connectivity index is 2.33. The molecule has 0 aliphatic heterocycles. The number of rotatable bonds is 2. The standard InChI is InChI=1S/C14H21NO/c1-10-8-12(16-3)4-5-13(10)14(2)7-6-11(15)9-14/h4-5,8,11H,6-7,9,15H2,1-3H3. The second-order valence-electron chi connectivity index (χ2n) is 5.24. The van der Waals surface area contributed by atoms with Crippen LogP contribution in [0.1, 0.15) is 37.3 Å². The van der Waals surface area contributed by atoms with E-state index in [4.69, 9.17) is 10.5 Å². The molecule has 0 heterocycles. The minimum atomic E-state index is 0.260. The Bertz CT molecular complexity index is 388. The molecule has 0 bridgehead atoms. The van der Waals surface area contributed by atoms with E-state index in [1.165, 1.54) is 17.5 Å². The molecule has 0 saturated heterocycles. The summed E-state index contributed by atoms with van der Waals surface area (Å²) in [5.41, 5.74) is 9.04. The molecule has 1 aliphatic rings. The zero-order chi connectivity index (χ0) is 11.8. The maximum absolute atomic E-state index is 6.03. The van der Waals surface area contributed by atoms with Crippen LogP contribution in [0.5, 0.6) is 5.75 Å². The molecule has 1 aromatic rings. The minimum Gasteiger partial charge on any atom is -0.497 e. The van der Waals surface area contributed by atoms with E-state index in [1.807, 2.05) is 0 Å². The van der Waals surface area contributed by atoms with E-state index in [0.717, 1.165) is 18.6 Å². The van der Waals surface area contributed by atoms with E-state index in [-0.39, 0.29) is 5.41 Å². The molecule has 2 nitrogen and oxygen atoms in total. The van der Waals surface area contributed by atoms with E-state index in [0.29, 0.717) is 6.04 Å².